The van der Waals surface area contributed by atoms with Crippen LogP contribution in [0.5, 0.6) is 0 Å². The molecular formula is C12H22ClNO2S. The Morgan fingerprint density at radius 2 is 1.59 bits per heavy atom. The van der Waals surface area contributed by atoms with E-state index in [9.17, 15) is 8.42 Å². The average molecular weight is 280 g/mol. The molecule has 5 heteroatoms. The van der Waals surface area contributed by atoms with E-state index in [4.69, 9.17) is 11.6 Å². The van der Waals surface area contributed by atoms with Crippen LogP contribution in [0.1, 0.15) is 51.4 Å². The van der Waals surface area contributed by atoms with Gasteiger partial charge in [0.15, 0.2) is 0 Å². The van der Waals surface area contributed by atoms with E-state index in [1.165, 1.54) is 0 Å². The van der Waals surface area contributed by atoms with Gasteiger partial charge in [0.2, 0.25) is 10.0 Å². The highest BCUT2D eigenvalue weighted by Crippen LogP contribution is 2.28. The predicted molar refractivity (Wildman–Crippen MR) is 70.8 cm³/mol. The summed E-state index contributed by atoms with van der Waals surface area (Å²) in [6.45, 7) is 0.614. The minimum atomic E-state index is -3.06. The molecule has 1 N–H and O–H groups in total. The summed E-state index contributed by atoms with van der Waals surface area (Å²) >= 11 is 6.04. The maximum Gasteiger partial charge on any atom is 0.214 e. The Bertz CT molecular complexity index is 330. The van der Waals surface area contributed by atoms with Gasteiger partial charge in [0, 0.05) is 11.9 Å². The summed E-state index contributed by atoms with van der Waals surface area (Å²) in [5, 5.41) is 0.171. The Kier molecular flexibility index (Phi) is 4.72. The summed E-state index contributed by atoms with van der Waals surface area (Å²) in [5.41, 5.74) is 0. The SMILES string of the molecule is O=S(=O)(NCC1CCC(Cl)CC1)C1CCCC1. The largest absolute Gasteiger partial charge is 0.215 e. The molecule has 2 rings (SSSR count). The first-order valence-corrected chi connectivity index (χ1v) is 8.69. The summed E-state index contributed by atoms with van der Waals surface area (Å²) in [5.74, 6) is 0.487. The molecule has 3 nitrogen and oxygen atoms in total. The van der Waals surface area contributed by atoms with Crippen molar-refractivity contribution < 1.29 is 8.42 Å². The molecule has 0 unspecified atom stereocenters. The lowest BCUT2D eigenvalue weighted by Gasteiger charge is -2.25. The fraction of sp³-hybridized carbons (Fsp3) is 1.00. The lowest BCUT2D eigenvalue weighted by Crippen LogP contribution is -2.37. The van der Waals surface area contributed by atoms with Crippen molar-refractivity contribution in [2.24, 2.45) is 5.92 Å². The minimum Gasteiger partial charge on any atom is -0.215 e. The average Bonchev–Trinajstić information content (AvgIpc) is 2.82. The number of sulfonamides is 1. The van der Waals surface area contributed by atoms with Gasteiger partial charge in [-0.05, 0) is 44.4 Å². The second-order valence-electron chi connectivity index (χ2n) is 5.42. The smallest absolute Gasteiger partial charge is 0.214 e. The van der Waals surface area contributed by atoms with Crippen LogP contribution >= 0.6 is 11.6 Å². The van der Waals surface area contributed by atoms with Gasteiger partial charge >= 0.3 is 0 Å². The molecule has 0 aromatic rings. The molecule has 0 atom stereocenters. The van der Waals surface area contributed by atoms with Gasteiger partial charge in [0.1, 0.15) is 0 Å². The molecule has 100 valence electrons. The molecule has 0 aromatic heterocycles. The second kappa shape index (κ2) is 5.89. The van der Waals surface area contributed by atoms with Crippen molar-refractivity contribution in [1.29, 1.82) is 0 Å². The summed E-state index contributed by atoms with van der Waals surface area (Å²) in [6, 6.07) is 0. The molecule has 0 bridgehead atoms. The molecule has 0 aromatic carbocycles. The number of halogens is 1. The van der Waals surface area contributed by atoms with Gasteiger partial charge in [-0.15, -0.1) is 11.6 Å². The fourth-order valence-electron chi connectivity index (χ4n) is 2.88. The molecule has 2 fully saturated rings. The molecule has 0 aliphatic heterocycles. The number of hydrogen-bond acceptors (Lipinski definition) is 2. The van der Waals surface area contributed by atoms with E-state index in [0.29, 0.717) is 17.8 Å². The Hall–Kier alpha value is 0.200. The lowest BCUT2D eigenvalue weighted by atomic mass is 9.89. The lowest BCUT2D eigenvalue weighted by molar-refractivity contribution is 0.360. The van der Waals surface area contributed by atoms with Gasteiger partial charge in [-0.1, -0.05) is 12.8 Å². The Labute approximate surface area is 109 Å². The van der Waals surface area contributed by atoms with E-state index in [-0.39, 0.29) is 5.25 Å². The Balaban J connectivity index is 1.77. The molecule has 2 aliphatic rings. The van der Waals surface area contributed by atoms with Crippen LogP contribution in [-0.2, 0) is 10.0 Å². The summed E-state index contributed by atoms with van der Waals surface area (Å²) in [4.78, 5) is 0. The topological polar surface area (TPSA) is 46.2 Å². The standard InChI is InChI=1S/C12H22ClNO2S/c13-11-7-5-10(6-8-11)9-14-17(15,16)12-3-1-2-4-12/h10-12,14H,1-9H2. The van der Waals surface area contributed by atoms with E-state index >= 15 is 0 Å². The van der Waals surface area contributed by atoms with Crippen LogP contribution in [0.25, 0.3) is 0 Å². The Morgan fingerprint density at radius 1 is 1.00 bits per heavy atom. The van der Waals surface area contributed by atoms with E-state index in [1.807, 2.05) is 0 Å². The molecular weight excluding hydrogens is 258 g/mol. The number of nitrogens with one attached hydrogen (secondary N) is 1. The van der Waals surface area contributed by atoms with Crippen molar-refractivity contribution >= 4 is 21.6 Å². The first-order chi connectivity index (χ1) is 8.08. The zero-order valence-corrected chi connectivity index (χ0v) is 11.8. The van der Waals surface area contributed by atoms with Crippen LogP contribution in [0.4, 0.5) is 0 Å². The van der Waals surface area contributed by atoms with Crippen molar-refractivity contribution in [3.8, 4) is 0 Å². The third-order valence-electron chi connectivity index (χ3n) is 4.09. The van der Waals surface area contributed by atoms with Gasteiger partial charge in [0.05, 0.1) is 5.25 Å². The van der Waals surface area contributed by atoms with Crippen molar-refractivity contribution in [3.63, 3.8) is 0 Å². The summed E-state index contributed by atoms with van der Waals surface area (Å²) in [6.07, 6.45) is 7.96. The molecule has 2 saturated carbocycles. The van der Waals surface area contributed by atoms with Crippen molar-refractivity contribution in [2.75, 3.05) is 6.54 Å². The van der Waals surface area contributed by atoms with Crippen LogP contribution in [-0.4, -0.2) is 25.6 Å². The van der Waals surface area contributed by atoms with Gasteiger partial charge < -0.3 is 0 Å². The third kappa shape index (κ3) is 3.83. The van der Waals surface area contributed by atoms with Crippen LogP contribution < -0.4 is 4.72 Å². The van der Waals surface area contributed by atoms with Crippen LogP contribution in [0, 0.1) is 5.92 Å². The number of rotatable bonds is 4. The Morgan fingerprint density at radius 3 is 2.18 bits per heavy atom. The maximum absolute atomic E-state index is 12.0. The monoisotopic (exact) mass is 279 g/mol. The van der Waals surface area contributed by atoms with Crippen molar-refractivity contribution in [3.05, 3.63) is 0 Å². The van der Waals surface area contributed by atoms with E-state index in [0.717, 1.165) is 51.4 Å². The summed E-state index contributed by atoms with van der Waals surface area (Å²) < 4.78 is 26.8. The predicted octanol–water partition coefficient (Wildman–Crippen LogP) is 2.65. The number of hydrogen-bond donors (Lipinski definition) is 1. The van der Waals surface area contributed by atoms with E-state index < -0.39 is 10.0 Å². The molecule has 0 saturated heterocycles. The molecule has 2 aliphatic carbocycles. The van der Waals surface area contributed by atoms with E-state index in [1.54, 1.807) is 0 Å². The molecule has 0 radical (unpaired) electrons. The normalized spacial score (nSPS) is 31.8. The molecule has 0 heterocycles. The highest BCUT2D eigenvalue weighted by Gasteiger charge is 2.29. The second-order valence-corrected chi connectivity index (χ2v) is 8.08. The van der Waals surface area contributed by atoms with Crippen LogP contribution in [0.3, 0.4) is 0 Å². The highest BCUT2D eigenvalue weighted by molar-refractivity contribution is 7.90. The fourth-order valence-corrected chi connectivity index (χ4v) is 4.79. The van der Waals surface area contributed by atoms with E-state index in [2.05, 4.69) is 4.72 Å². The molecule has 0 spiro atoms. The first kappa shape index (κ1) is 13.6. The zero-order chi connectivity index (χ0) is 12.3. The molecule has 0 amide bonds. The maximum atomic E-state index is 12.0. The van der Waals surface area contributed by atoms with Gasteiger partial charge in [-0.25, -0.2) is 13.1 Å². The van der Waals surface area contributed by atoms with Gasteiger partial charge in [-0.3, -0.25) is 0 Å². The van der Waals surface area contributed by atoms with Crippen molar-refractivity contribution in [1.82, 2.24) is 4.72 Å². The van der Waals surface area contributed by atoms with Gasteiger partial charge in [0.25, 0.3) is 0 Å². The zero-order valence-electron chi connectivity index (χ0n) is 10.2. The number of alkyl halides is 1. The van der Waals surface area contributed by atoms with Crippen molar-refractivity contribution in [2.45, 2.75) is 62.0 Å². The first-order valence-electron chi connectivity index (χ1n) is 6.70. The molecule has 17 heavy (non-hydrogen) atoms. The third-order valence-corrected chi connectivity index (χ3v) is 6.45. The minimum absolute atomic E-state index is 0.133. The highest BCUT2D eigenvalue weighted by atomic mass is 35.5. The van der Waals surface area contributed by atoms with Gasteiger partial charge in [-0.2, -0.15) is 0 Å². The summed E-state index contributed by atoms with van der Waals surface area (Å²) in [7, 11) is -3.06. The quantitative estimate of drug-likeness (QED) is 0.804. The van der Waals surface area contributed by atoms with Crippen LogP contribution in [0.15, 0.2) is 0 Å². The van der Waals surface area contributed by atoms with Crippen LogP contribution in [0.2, 0.25) is 0 Å².